The van der Waals surface area contributed by atoms with E-state index in [1.54, 1.807) is 0 Å². The highest BCUT2D eigenvalue weighted by molar-refractivity contribution is 5.55. The zero-order chi connectivity index (χ0) is 10.7. The number of nitrogens with zero attached hydrogens (tertiary/aromatic N) is 1. The van der Waals surface area contributed by atoms with Crippen LogP contribution in [-0.2, 0) is 0 Å². The first-order valence-electron chi connectivity index (χ1n) is 4.53. The standard InChI is InChI=1S/C12H16N2/c1-8(2)10-6-14-7-11(10)12(13-5)9(3)4/h6,14H,1,3,5,7H2,2,4H3/b12-11-. The van der Waals surface area contributed by atoms with Gasteiger partial charge in [-0.15, -0.1) is 0 Å². The Kier molecular flexibility index (Phi) is 3.07. The van der Waals surface area contributed by atoms with Gasteiger partial charge in [-0.2, -0.15) is 0 Å². The minimum Gasteiger partial charge on any atom is -0.386 e. The van der Waals surface area contributed by atoms with Gasteiger partial charge in [-0.3, -0.25) is 4.99 Å². The Hall–Kier alpha value is -1.57. The maximum atomic E-state index is 4.01. The van der Waals surface area contributed by atoms with Gasteiger partial charge in [0.1, 0.15) is 0 Å². The molecule has 0 aromatic carbocycles. The first-order chi connectivity index (χ1) is 6.57. The smallest absolute Gasteiger partial charge is 0.0702 e. The van der Waals surface area contributed by atoms with Gasteiger partial charge in [-0.1, -0.05) is 13.2 Å². The molecule has 0 spiro atoms. The molecule has 0 fully saturated rings. The Balaban J connectivity index is 3.20. The molecule has 0 aromatic heterocycles. The molecule has 1 aliphatic heterocycles. The van der Waals surface area contributed by atoms with Crippen LogP contribution in [0.3, 0.4) is 0 Å². The van der Waals surface area contributed by atoms with E-state index in [0.717, 1.165) is 34.5 Å². The van der Waals surface area contributed by atoms with Gasteiger partial charge >= 0.3 is 0 Å². The highest BCUT2D eigenvalue weighted by atomic mass is 14.9. The summed E-state index contributed by atoms with van der Waals surface area (Å²) in [6.07, 6.45) is 1.96. The van der Waals surface area contributed by atoms with E-state index in [1.807, 2.05) is 20.0 Å². The van der Waals surface area contributed by atoms with Gasteiger partial charge in [-0.05, 0) is 37.3 Å². The Labute approximate surface area is 85.4 Å². The average Bonchev–Trinajstić information content (AvgIpc) is 2.53. The molecule has 14 heavy (non-hydrogen) atoms. The van der Waals surface area contributed by atoms with Gasteiger partial charge in [0.25, 0.3) is 0 Å². The zero-order valence-electron chi connectivity index (χ0n) is 8.85. The van der Waals surface area contributed by atoms with Crippen LogP contribution in [0.25, 0.3) is 0 Å². The fraction of sp³-hybridized carbons (Fsp3) is 0.250. The van der Waals surface area contributed by atoms with Crippen molar-refractivity contribution in [3.05, 3.63) is 47.3 Å². The first kappa shape index (κ1) is 10.5. The van der Waals surface area contributed by atoms with E-state index in [9.17, 15) is 0 Å². The summed E-state index contributed by atoms with van der Waals surface area (Å²) in [4.78, 5) is 4.01. The SMILES string of the molecule is C=N/C(C(=C)C)=C1/CNC=C1C(=C)C. The second-order valence-electron chi connectivity index (χ2n) is 3.48. The molecule has 0 atom stereocenters. The molecule has 1 rings (SSSR count). The molecule has 1 heterocycles. The fourth-order valence-electron chi connectivity index (χ4n) is 1.52. The highest BCUT2D eigenvalue weighted by Gasteiger charge is 2.16. The van der Waals surface area contributed by atoms with E-state index in [-0.39, 0.29) is 0 Å². The van der Waals surface area contributed by atoms with E-state index in [0.29, 0.717) is 0 Å². The molecule has 1 aliphatic rings. The summed E-state index contributed by atoms with van der Waals surface area (Å²) >= 11 is 0. The van der Waals surface area contributed by atoms with Crippen molar-refractivity contribution in [2.24, 2.45) is 4.99 Å². The second-order valence-corrected chi connectivity index (χ2v) is 3.48. The molecule has 0 saturated carbocycles. The molecule has 0 radical (unpaired) electrons. The largest absolute Gasteiger partial charge is 0.386 e. The molecule has 74 valence electrons. The summed E-state index contributed by atoms with van der Waals surface area (Å²) in [6, 6.07) is 0. The van der Waals surface area contributed by atoms with Gasteiger partial charge in [0.15, 0.2) is 0 Å². The number of hydrogen-bond donors (Lipinski definition) is 1. The molecular formula is C12H16N2. The van der Waals surface area contributed by atoms with Crippen LogP contribution in [0.1, 0.15) is 13.8 Å². The fourth-order valence-corrected chi connectivity index (χ4v) is 1.52. The highest BCUT2D eigenvalue weighted by Crippen LogP contribution is 2.27. The van der Waals surface area contributed by atoms with E-state index >= 15 is 0 Å². The van der Waals surface area contributed by atoms with Crippen LogP contribution in [0.15, 0.2) is 52.3 Å². The molecule has 0 aromatic rings. The average molecular weight is 188 g/mol. The van der Waals surface area contributed by atoms with Crippen LogP contribution >= 0.6 is 0 Å². The van der Waals surface area contributed by atoms with Gasteiger partial charge in [-0.25, -0.2) is 0 Å². The Bertz CT molecular complexity index is 357. The van der Waals surface area contributed by atoms with Crippen molar-refractivity contribution in [1.82, 2.24) is 5.32 Å². The lowest BCUT2D eigenvalue weighted by atomic mass is 9.99. The van der Waals surface area contributed by atoms with Crippen molar-refractivity contribution in [1.29, 1.82) is 0 Å². The maximum Gasteiger partial charge on any atom is 0.0702 e. The molecular weight excluding hydrogens is 172 g/mol. The Morgan fingerprint density at radius 1 is 1.43 bits per heavy atom. The van der Waals surface area contributed by atoms with E-state index in [1.165, 1.54) is 0 Å². The number of allylic oxidation sites excluding steroid dienone is 2. The number of aliphatic imine (C=N–C) groups is 1. The van der Waals surface area contributed by atoms with Crippen LogP contribution in [0.5, 0.6) is 0 Å². The normalized spacial score (nSPS) is 18.3. The van der Waals surface area contributed by atoms with Gasteiger partial charge < -0.3 is 5.32 Å². The van der Waals surface area contributed by atoms with E-state index in [4.69, 9.17) is 0 Å². The van der Waals surface area contributed by atoms with Crippen LogP contribution < -0.4 is 5.32 Å². The molecule has 2 heteroatoms. The van der Waals surface area contributed by atoms with Crippen LogP contribution in [0.2, 0.25) is 0 Å². The third-order valence-corrected chi connectivity index (χ3v) is 2.16. The van der Waals surface area contributed by atoms with E-state index < -0.39 is 0 Å². The monoisotopic (exact) mass is 188 g/mol. The first-order valence-corrected chi connectivity index (χ1v) is 4.53. The van der Waals surface area contributed by atoms with Gasteiger partial charge in [0.2, 0.25) is 0 Å². The zero-order valence-corrected chi connectivity index (χ0v) is 8.85. The molecule has 0 amide bonds. The molecule has 2 nitrogen and oxygen atoms in total. The minimum atomic E-state index is 0.781. The number of nitrogens with one attached hydrogen (secondary N) is 1. The van der Waals surface area contributed by atoms with Crippen molar-refractivity contribution < 1.29 is 0 Å². The molecule has 1 N–H and O–H groups in total. The topological polar surface area (TPSA) is 24.4 Å². The lowest BCUT2D eigenvalue weighted by molar-refractivity contribution is 0.991. The van der Waals surface area contributed by atoms with Crippen LogP contribution in [0.4, 0.5) is 0 Å². The maximum absolute atomic E-state index is 4.01. The summed E-state index contributed by atoms with van der Waals surface area (Å²) < 4.78 is 0. The van der Waals surface area contributed by atoms with E-state index in [2.05, 4.69) is 30.2 Å². The second kappa shape index (κ2) is 4.09. The molecule has 0 saturated heterocycles. The summed E-state index contributed by atoms with van der Waals surface area (Å²) in [5.74, 6) is 0. The van der Waals surface area contributed by atoms with Crippen LogP contribution in [-0.4, -0.2) is 13.3 Å². The predicted molar refractivity (Wildman–Crippen MR) is 62.3 cm³/mol. The van der Waals surface area contributed by atoms with Gasteiger partial charge in [0.05, 0.1) is 5.70 Å². The number of rotatable bonds is 3. The lowest BCUT2D eigenvalue weighted by Crippen LogP contribution is -2.03. The molecule has 0 aliphatic carbocycles. The van der Waals surface area contributed by atoms with Crippen molar-refractivity contribution >= 4 is 6.72 Å². The molecule has 0 bridgehead atoms. The number of hydrogen-bond acceptors (Lipinski definition) is 2. The minimum absolute atomic E-state index is 0.781. The summed E-state index contributed by atoms with van der Waals surface area (Å²) in [6.45, 7) is 16.1. The lowest BCUT2D eigenvalue weighted by Gasteiger charge is -2.08. The summed E-state index contributed by atoms with van der Waals surface area (Å²) in [7, 11) is 0. The van der Waals surface area contributed by atoms with Crippen molar-refractivity contribution in [2.75, 3.05) is 6.54 Å². The van der Waals surface area contributed by atoms with Crippen molar-refractivity contribution in [2.45, 2.75) is 13.8 Å². The van der Waals surface area contributed by atoms with Crippen molar-refractivity contribution in [3.8, 4) is 0 Å². The third kappa shape index (κ3) is 1.84. The summed E-state index contributed by atoms with van der Waals surface area (Å²) in [5, 5.41) is 3.16. The van der Waals surface area contributed by atoms with Crippen LogP contribution in [0, 0.1) is 0 Å². The Morgan fingerprint density at radius 2 is 2.07 bits per heavy atom. The molecule has 0 unspecified atom stereocenters. The third-order valence-electron chi connectivity index (χ3n) is 2.16. The van der Waals surface area contributed by atoms with Crippen molar-refractivity contribution in [3.63, 3.8) is 0 Å². The van der Waals surface area contributed by atoms with Gasteiger partial charge in [0, 0.05) is 18.3 Å². The predicted octanol–water partition coefficient (Wildman–Crippen LogP) is 2.58. The summed E-state index contributed by atoms with van der Waals surface area (Å²) in [5.41, 5.74) is 5.11. The quantitative estimate of drug-likeness (QED) is 0.676. The Morgan fingerprint density at radius 3 is 2.50 bits per heavy atom.